The maximum atomic E-state index is 13.7. The maximum absolute atomic E-state index is 13.7. The van der Waals surface area contributed by atoms with Gasteiger partial charge in [0.15, 0.2) is 0 Å². The van der Waals surface area contributed by atoms with Crippen molar-refractivity contribution in [3.63, 3.8) is 0 Å². The number of hydrogen-bond acceptors (Lipinski definition) is 2. The smallest absolute Gasteiger partial charge is 0.239 e. The minimum absolute atomic E-state index is 0.0299. The second-order valence-corrected chi connectivity index (χ2v) is 6.41. The van der Waals surface area contributed by atoms with Gasteiger partial charge in [-0.05, 0) is 50.6 Å². The van der Waals surface area contributed by atoms with E-state index in [1.54, 1.807) is 24.3 Å². The van der Waals surface area contributed by atoms with Crippen LogP contribution in [0.5, 0.6) is 0 Å². The average molecular weight is 349 g/mol. The second kappa shape index (κ2) is 7.01. The topological polar surface area (TPSA) is 58.2 Å². The second-order valence-electron chi connectivity index (χ2n) is 5.97. The number of carbonyl (C=O) groups excluding carboxylic acids is 2. The van der Waals surface area contributed by atoms with Gasteiger partial charge in [-0.2, -0.15) is 0 Å². The normalized spacial score (nSPS) is 11.0. The molecule has 2 N–H and O–H groups in total. The standard InChI is InChI=1S/C18H18ClFN2O2/c1-11-8-9-12(19)10-15(11)22-17(24)18(2,3)16(23)21-14-7-5-4-6-13(14)20/h4-10H,1-3H3,(H,21,23)(H,22,24). The van der Waals surface area contributed by atoms with E-state index >= 15 is 0 Å². The minimum atomic E-state index is -1.41. The van der Waals surface area contributed by atoms with Crippen molar-refractivity contribution >= 4 is 34.8 Å². The molecule has 0 aromatic heterocycles. The summed E-state index contributed by atoms with van der Waals surface area (Å²) in [6, 6.07) is 10.9. The Kier molecular flexibility index (Phi) is 5.24. The Morgan fingerprint density at radius 3 is 2.21 bits per heavy atom. The summed E-state index contributed by atoms with van der Waals surface area (Å²) in [7, 11) is 0. The number of para-hydroxylation sites is 1. The Balaban J connectivity index is 2.16. The molecule has 0 radical (unpaired) electrons. The average Bonchev–Trinajstić information content (AvgIpc) is 2.53. The molecular formula is C18H18ClFN2O2. The summed E-state index contributed by atoms with van der Waals surface area (Å²) in [5.74, 6) is -1.68. The third kappa shape index (κ3) is 3.92. The van der Waals surface area contributed by atoms with Crippen LogP contribution in [0.3, 0.4) is 0 Å². The highest BCUT2D eigenvalue weighted by Gasteiger charge is 2.36. The van der Waals surface area contributed by atoms with Gasteiger partial charge < -0.3 is 10.6 Å². The lowest BCUT2D eigenvalue weighted by molar-refractivity contribution is -0.135. The summed E-state index contributed by atoms with van der Waals surface area (Å²) in [6.45, 7) is 4.76. The van der Waals surface area contributed by atoms with Gasteiger partial charge in [-0.25, -0.2) is 4.39 Å². The van der Waals surface area contributed by atoms with Crippen LogP contribution in [0.25, 0.3) is 0 Å². The van der Waals surface area contributed by atoms with Crippen LogP contribution in [-0.2, 0) is 9.59 Å². The lowest BCUT2D eigenvalue weighted by Crippen LogP contribution is -2.41. The number of benzene rings is 2. The zero-order valence-corrected chi connectivity index (χ0v) is 14.4. The molecule has 2 rings (SSSR count). The monoisotopic (exact) mass is 348 g/mol. The van der Waals surface area contributed by atoms with Gasteiger partial charge in [0.1, 0.15) is 11.2 Å². The molecule has 24 heavy (non-hydrogen) atoms. The van der Waals surface area contributed by atoms with Crippen molar-refractivity contribution in [3.8, 4) is 0 Å². The molecule has 0 saturated carbocycles. The number of anilines is 2. The van der Waals surface area contributed by atoms with Crippen LogP contribution in [0.1, 0.15) is 19.4 Å². The van der Waals surface area contributed by atoms with Gasteiger partial charge in [0, 0.05) is 10.7 Å². The first-order valence-corrected chi connectivity index (χ1v) is 7.73. The molecule has 0 aliphatic carbocycles. The van der Waals surface area contributed by atoms with E-state index in [1.807, 2.05) is 6.92 Å². The quantitative estimate of drug-likeness (QED) is 0.805. The molecule has 0 unspecified atom stereocenters. The van der Waals surface area contributed by atoms with Crippen molar-refractivity contribution in [2.75, 3.05) is 10.6 Å². The highest BCUT2D eigenvalue weighted by atomic mass is 35.5. The molecular weight excluding hydrogens is 331 g/mol. The minimum Gasteiger partial charge on any atom is -0.325 e. The van der Waals surface area contributed by atoms with Crippen LogP contribution < -0.4 is 10.6 Å². The summed E-state index contributed by atoms with van der Waals surface area (Å²) in [5.41, 5.74) is -0.0310. The molecule has 0 bridgehead atoms. The highest BCUT2D eigenvalue weighted by molar-refractivity contribution is 6.31. The molecule has 2 amide bonds. The van der Waals surface area contributed by atoms with E-state index in [2.05, 4.69) is 10.6 Å². The highest BCUT2D eigenvalue weighted by Crippen LogP contribution is 2.25. The zero-order valence-electron chi connectivity index (χ0n) is 13.6. The van der Waals surface area contributed by atoms with E-state index in [0.717, 1.165) is 5.56 Å². The van der Waals surface area contributed by atoms with E-state index in [-0.39, 0.29) is 5.69 Å². The van der Waals surface area contributed by atoms with E-state index < -0.39 is 23.0 Å². The molecule has 2 aromatic carbocycles. The molecule has 0 aliphatic rings. The van der Waals surface area contributed by atoms with Crippen molar-refractivity contribution < 1.29 is 14.0 Å². The number of rotatable bonds is 4. The Bertz CT molecular complexity index is 790. The first-order valence-electron chi connectivity index (χ1n) is 7.35. The van der Waals surface area contributed by atoms with Gasteiger partial charge in [0.2, 0.25) is 11.8 Å². The number of nitrogens with one attached hydrogen (secondary N) is 2. The van der Waals surface area contributed by atoms with Crippen LogP contribution in [0.4, 0.5) is 15.8 Å². The van der Waals surface area contributed by atoms with Crippen LogP contribution in [0.15, 0.2) is 42.5 Å². The van der Waals surface area contributed by atoms with Gasteiger partial charge in [-0.15, -0.1) is 0 Å². The van der Waals surface area contributed by atoms with Gasteiger partial charge in [0.25, 0.3) is 0 Å². The molecule has 0 atom stereocenters. The lowest BCUT2D eigenvalue weighted by atomic mass is 9.90. The molecule has 0 aliphatic heterocycles. The molecule has 126 valence electrons. The van der Waals surface area contributed by atoms with Gasteiger partial charge in [0.05, 0.1) is 5.69 Å². The van der Waals surface area contributed by atoms with Gasteiger partial charge in [-0.1, -0.05) is 29.8 Å². The third-order valence-electron chi connectivity index (χ3n) is 3.71. The summed E-state index contributed by atoms with van der Waals surface area (Å²) in [6.07, 6.45) is 0. The van der Waals surface area contributed by atoms with Crippen molar-refractivity contribution in [1.82, 2.24) is 0 Å². The number of halogens is 2. The number of aryl methyl sites for hydroxylation is 1. The summed E-state index contributed by atoms with van der Waals surface area (Å²) in [5, 5.41) is 5.61. The van der Waals surface area contributed by atoms with E-state index in [1.165, 1.54) is 32.0 Å². The fourth-order valence-corrected chi connectivity index (χ4v) is 2.12. The van der Waals surface area contributed by atoms with E-state index in [0.29, 0.717) is 10.7 Å². The van der Waals surface area contributed by atoms with Gasteiger partial charge >= 0.3 is 0 Å². The molecule has 6 heteroatoms. The first kappa shape index (κ1) is 17.9. The Labute approximate surface area is 145 Å². The molecule has 0 fully saturated rings. The van der Waals surface area contributed by atoms with E-state index in [4.69, 9.17) is 11.6 Å². The van der Waals surface area contributed by atoms with Crippen LogP contribution in [-0.4, -0.2) is 11.8 Å². The van der Waals surface area contributed by atoms with Crippen molar-refractivity contribution in [2.24, 2.45) is 5.41 Å². The summed E-state index contributed by atoms with van der Waals surface area (Å²) >= 11 is 5.93. The van der Waals surface area contributed by atoms with E-state index in [9.17, 15) is 14.0 Å². The fraction of sp³-hybridized carbons (Fsp3) is 0.222. The predicted molar refractivity (Wildman–Crippen MR) is 93.6 cm³/mol. The lowest BCUT2D eigenvalue weighted by Gasteiger charge is -2.23. The van der Waals surface area contributed by atoms with Gasteiger partial charge in [-0.3, -0.25) is 9.59 Å². The number of carbonyl (C=O) groups is 2. The van der Waals surface area contributed by atoms with Crippen molar-refractivity contribution in [3.05, 3.63) is 58.9 Å². The number of hydrogen-bond donors (Lipinski definition) is 2. The maximum Gasteiger partial charge on any atom is 0.239 e. The van der Waals surface area contributed by atoms with Crippen molar-refractivity contribution in [1.29, 1.82) is 0 Å². The molecule has 2 aromatic rings. The summed E-state index contributed by atoms with van der Waals surface area (Å²) < 4.78 is 13.7. The van der Waals surface area contributed by atoms with Crippen molar-refractivity contribution in [2.45, 2.75) is 20.8 Å². The molecule has 0 spiro atoms. The molecule has 0 heterocycles. The first-order chi connectivity index (χ1) is 11.2. The Hall–Kier alpha value is -2.40. The van der Waals surface area contributed by atoms with Crippen LogP contribution >= 0.6 is 11.6 Å². The zero-order chi connectivity index (χ0) is 17.9. The summed E-state index contributed by atoms with van der Waals surface area (Å²) in [4.78, 5) is 24.9. The fourth-order valence-electron chi connectivity index (χ4n) is 1.95. The third-order valence-corrected chi connectivity index (χ3v) is 3.94. The Morgan fingerprint density at radius 2 is 1.58 bits per heavy atom. The molecule has 4 nitrogen and oxygen atoms in total. The van der Waals surface area contributed by atoms with Crippen LogP contribution in [0, 0.1) is 18.2 Å². The molecule has 0 saturated heterocycles. The van der Waals surface area contributed by atoms with Crippen LogP contribution in [0.2, 0.25) is 5.02 Å². The Morgan fingerprint density at radius 1 is 1.00 bits per heavy atom. The SMILES string of the molecule is Cc1ccc(Cl)cc1NC(=O)C(C)(C)C(=O)Nc1ccccc1F. The predicted octanol–water partition coefficient (Wildman–Crippen LogP) is 4.39. The largest absolute Gasteiger partial charge is 0.325 e. The number of amides is 2.